The molecule has 148 valence electrons. The van der Waals surface area contributed by atoms with Gasteiger partial charge < -0.3 is 10.2 Å². The predicted molar refractivity (Wildman–Crippen MR) is 111 cm³/mol. The molecule has 2 aromatic rings. The lowest BCUT2D eigenvalue weighted by atomic mass is 9.97. The molecule has 0 aromatic carbocycles. The van der Waals surface area contributed by atoms with Gasteiger partial charge in [-0.2, -0.15) is 0 Å². The third-order valence-electron chi connectivity index (χ3n) is 5.03. The summed E-state index contributed by atoms with van der Waals surface area (Å²) in [5.74, 6) is 1.24. The van der Waals surface area contributed by atoms with E-state index < -0.39 is 0 Å². The molecule has 0 saturated heterocycles. The molecule has 0 saturated carbocycles. The van der Waals surface area contributed by atoms with Crippen molar-refractivity contribution in [3.63, 3.8) is 0 Å². The molecule has 3 rings (SSSR count). The van der Waals surface area contributed by atoms with E-state index in [0.717, 1.165) is 30.8 Å². The number of carbonyl (C=O) groups excluding carboxylic acids is 1. The van der Waals surface area contributed by atoms with E-state index >= 15 is 0 Å². The van der Waals surface area contributed by atoms with Gasteiger partial charge >= 0.3 is 0 Å². The first-order valence-corrected chi connectivity index (χ1v) is 10.0. The largest absolute Gasteiger partial charge is 0.370 e. The number of carbonyl (C=O) groups is 1. The highest BCUT2D eigenvalue weighted by Gasteiger charge is 2.15. The third-order valence-corrected chi connectivity index (χ3v) is 5.03. The maximum Gasteiger partial charge on any atom is 0.272 e. The Morgan fingerprint density at radius 1 is 1.18 bits per heavy atom. The van der Waals surface area contributed by atoms with Crippen LogP contribution in [0.3, 0.4) is 0 Å². The van der Waals surface area contributed by atoms with Crippen LogP contribution in [-0.4, -0.2) is 45.9 Å². The fourth-order valence-corrected chi connectivity index (χ4v) is 3.39. The van der Waals surface area contributed by atoms with Crippen molar-refractivity contribution in [1.29, 1.82) is 0 Å². The molecule has 1 aliphatic rings. The minimum Gasteiger partial charge on any atom is -0.370 e. The standard InChI is InChI=1S/C22H29N5O/c1-17-25-20(22(28)27(2)15-11-19-8-12-23-13-9-19)16-21(26-17)24-14-10-18-6-4-3-5-7-18/h6,8-9,12-13,16H,3-5,7,10-11,14-15H2,1-2H3,(H,24,25,26). The van der Waals surface area contributed by atoms with Gasteiger partial charge in [0.25, 0.3) is 5.91 Å². The Labute approximate surface area is 167 Å². The van der Waals surface area contributed by atoms with Gasteiger partial charge in [0.05, 0.1) is 0 Å². The zero-order valence-corrected chi connectivity index (χ0v) is 16.8. The van der Waals surface area contributed by atoms with Crippen LogP contribution >= 0.6 is 0 Å². The monoisotopic (exact) mass is 379 g/mol. The van der Waals surface area contributed by atoms with Crippen LogP contribution < -0.4 is 5.32 Å². The molecule has 1 N–H and O–H groups in total. The van der Waals surface area contributed by atoms with E-state index in [1.165, 1.54) is 31.3 Å². The Morgan fingerprint density at radius 2 is 2.00 bits per heavy atom. The van der Waals surface area contributed by atoms with E-state index in [1.54, 1.807) is 23.4 Å². The minimum atomic E-state index is -0.0856. The summed E-state index contributed by atoms with van der Waals surface area (Å²) in [7, 11) is 1.81. The number of rotatable bonds is 8. The van der Waals surface area contributed by atoms with Gasteiger partial charge in [0.1, 0.15) is 17.3 Å². The van der Waals surface area contributed by atoms with Crippen LogP contribution in [0.4, 0.5) is 5.82 Å². The van der Waals surface area contributed by atoms with Gasteiger partial charge in [-0.3, -0.25) is 9.78 Å². The second kappa shape index (κ2) is 9.97. The third kappa shape index (κ3) is 5.87. The minimum absolute atomic E-state index is 0.0856. The molecule has 28 heavy (non-hydrogen) atoms. The molecule has 6 heteroatoms. The Kier molecular flexibility index (Phi) is 7.12. The van der Waals surface area contributed by atoms with Gasteiger partial charge in [0.15, 0.2) is 0 Å². The first kappa shape index (κ1) is 20.0. The summed E-state index contributed by atoms with van der Waals surface area (Å²) in [6.07, 6.45) is 12.7. The summed E-state index contributed by atoms with van der Waals surface area (Å²) < 4.78 is 0. The maximum atomic E-state index is 12.8. The second-order valence-corrected chi connectivity index (χ2v) is 7.30. The fourth-order valence-electron chi connectivity index (χ4n) is 3.39. The van der Waals surface area contributed by atoms with Crippen molar-refractivity contribution in [2.24, 2.45) is 0 Å². The molecule has 0 bridgehead atoms. The number of anilines is 1. The average molecular weight is 380 g/mol. The van der Waals surface area contributed by atoms with E-state index in [4.69, 9.17) is 0 Å². The molecule has 2 heterocycles. The van der Waals surface area contributed by atoms with Gasteiger partial charge in [-0.15, -0.1) is 0 Å². The van der Waals surface area contributed by atoms with Crippen molar-refractivity contribution in [2.45, 2.75) is 45.4 Å². The van der Waals surface area contributed by atoms with E-state index in [1.807, 2.05) is 26.1 Å². The highest BCUT2D eigenvalue weighted by Crippen LogP contribution is 2.20. The number of aromatic nitrogens is 3. The molecule has 2 aromatic heterocycles. The number of pyridine rings is 1. The molecule has 0 spiro atoms. The molecule has 6 nitrogen and oxygen atoms in total. The number of nitrogens with one attached hydrogen (secondary N) is 1. The van der Waals surface area contributed by atoms with Gasteiger partial charge in [-0.05, 0) is 63.1 Å². The molecule has 1 aliphatic carbocycles. The van der Waals surface area contributed by atoms with E-state index in [-0.39, 0.29) is 5.91 Å². The lowest BCUT2D eigenvalue weighted by molar-refractivity contribution is 0.0790. The number of hydrogen-bond acceptors (Lipinski definition) is 5. The molecule has 0 aliphatic heterocycles. The van der Waals surface area contributed by atoms with Crippen LogP contribution in [0.15, 0.2) is 42.2 Å². The molecule has 0 atom stereocenters. The normalized spacial score (nSPS) is 13.7. The summed E-state index contributed by atoms with van der Waals surface area (Å²) in [6.45, 7) is 3.28. The second-order valence-electron chi connectivity index (χ2n) is 7.30. The Morgan fingerprint density at radius 3 is 2.75 bits per heavy atom. The number of likely N-dealkylation sites (N-methyl/N-ethyl adjacent to an activating group) is 1. The van der Waals surface area contributed by atoms with Crippen molar-refractivity contribution in [3.8, 4) is 0 Å². The van der Waals surface area contributed by atoms with E-state index in [9.17, 15) is 4.79 Å². The highest BCUT2D eigenvalue weighted by atomic mass is 16.2. The zero-order valence-electron chi connectivity index (χ0n) is 16.8. The first-order valence-electron chi connectivity index (χ1n) is 10.0. The number of nitrogens with zero attached hydrogens (tertiary/aromatic N) is 4. The molecular formula is C22H29N5O. The van der Waals surface area contributed by atoms with Crippen molar-refractivity contribution >= 4 is 11.7 Å². The lowest BCUT2D eigenvalue weighted by Crippen LogP contribution is -2.30. The summed E-state index contributed by atoms with van der Waals surface area (Å²) in [5, 5.41) is 3.36. The van der Waals surface area contributed by atoms with Crippen LogP contribution in [0.25, 0.3) is 0 Å². The SMILES string of the molecule is Cc1nc(NCCC2=CCCCC2)cc(C(=O)N(C)CCc2ccncc2)n1. The predicted octanol–water partition coefficient (Wildman–Crippen LogP) is 3.80. The first-order chi connectivity index (χ1) is 13.6. The van der Waals surface area contributed by atoms with E-state index in [0.29, 0.717) is 18.1 Å². The van der Waals surface area contributed by atoms with Gasteiger partial charge in [-0.1, -0.05) is 11.6 Å². The smallest absolute Gasteiger partial charge is 0.272 e. The van der Waals surface area contributed by atoms with Crippen LogP contribution in [0.1, 0.15) is 54.0 Å². The van der Waals surface area contributed by atoms with Crippen LogP contribution in [0.5, 0.6) is 0 Å². The van der Waals surface area contributed by atoms with Crippen LogP contribution in [-0.2, 0) is 6.42 Å². The van der Waals surface area contributed by atoms with Gasteiger partial charge in [0.2, 0.25) is 0 Å². The van der Waals surface area contributed by atoms with Crippen LogP contribution in [0.2, 0.25) is 0 Å². The van der Waals surface area contributed by atoms with Crippen LogP contribution in [0, 0.1) is 6.92 Å². The number of aryl methyl sites for hydroxylation is 1. The Hall–Kier alpha value is -2.76. The number of amides is 1. The van der Waals surface area contributed by atoms with Gasteiger partial charge in [0, 0.05) is 38.6 Å². The molecule has 0 radical (unpaired) electrons. The molecule has 0 fully saturated rings. The quantitative estimate of drug-likeness (QED) is 0.707. The van der Waals surface area contributed by atoms with Crippen molar-refractivity contribution < 1.29 is 4.79 Å². The van der Waals surface area contributed by atoms with Crippen molar-refractivity contribution in [3.05, 3.63) is 59.3 Å². The van der Waals surface area contributed by atoms with E-state index in [2.05, 4.69) is 26.3 Å². The molecule has 1 amide bonds. The Bertz CT molecular complexity index is 819. The number of hydrogen-bond donors (Lipinski definition) is 1. The summed E-state index contributed by atoms with van der Waals surface area (Å²) in [5.41, 5.74) is 3.12. The molecular weight excluding hydrogens is 350 g/mol. The number of allylic oxidation sites excluding steroid dienone is 1. The van der Waals surface area contributed by atoms with Crippen molar-refractivity contribution in [2.75, 3.05) is 25.5 Å². The summed E-state index contributed by atoms with van der Waals surface area (Å²) >= 11 is 0. The summed E-state index contributed by atoms with van der Waals surface area (Å²) in [4.78, 5) is 27.3. The Balaban J connectivity index is 1.56. The molecule has 0 unspecified atom stereocenters. The lowest BCUT2D eigenvalue weighted by Gasteiger charge is -2.17. The fraction of sp³-hybridized carbons (Fsp3) is 0.455. The van der Waals surface area contributed by atoms with Gasteiger partial charge in [-0.25, -0.2) is 9.97 Å². The topological polar surface area (TPSA) is 71.0 Å². The summed E-state index contributed by atoms with van der Waals surface area (Å²) in [6, 6.07) is 5.70. The highest BCUT2D eigenvalue weighted by molar-refractivity contribution is 5.92. The maximum absolute atomic E-state index is 12.8. The van der Waals surface area contributed by atoms with Crippen molar-refractivity contribution in [1.82, 2.24) is 19.9 Å². The zero-order chi connectivity index (χ0) is 19.8. The average Bonchev–Trinajstić information content (AvgIpc) is 2.72.